The van der Waals surface area contributed by atoms with E-state index in [1.807, 2.05) is 73.1 Å². The van der Waals surface area contributed by atoms with Gasteiger partial charge in [0.25, 0.3) is 0 Å². The highest BCUT2D eigenvalue weighted by Gasteiger charge is 2.42. The SMILES string of the molecule is NCc1cccc2ccccc12.N[C@](CCCNC1CCCc2cccnc21)(C(=O)O)C(=O)c1ccc(CNC2CCCc3cccnc32)c2ccccc12. The average molecular weight is 735 g/mol. The van der Waals surface area contributed by atoms with E-state index in [9.17, 15) is 14.7 Å². The molecule has 0 bridgehead atoms. The van der Waals surface area contributed by atoms with Crippen LogP contribution >= 0.6 is 0 Å². The summed E-state index contributed by atoms with van der Waals surface area (Å²) in [6, 6.07) is 34.4. The van der Waals surface area contributed by atoms with E-state index in [0.29, 0.717) is 37.0 Å². The Bertz CT molecular complexity index is 2290. The number of Topliss-reactive ketones (excluding diaryl/α,β-unsaturated/α-hetero) is 1. The summed E-state index contributed by atoms with van der Waals surface area (Å²) in [7, 11) is 0. The second-order valence-electron chi connectivity index (χ2n) is 14.7. The topological polar surface area (TPSA) is 156 Å². The summed E-state index contributed by atoms with van der Waals surface area (Å²) in [5.74, 6) is -1.87. The van der Waals surface area contributed by atoms with Crippen molar-refractivity contribution in [1.29, 1.82) is 0 Å². The van der Waals surface area contributed by atoms with Gasteiger partial charge in [-0.25, -0.2) is 4.79 Å². The van der Waals surface area contributed by atoms with Crippen molar-refractivity contribution in [3.63, 3.8) is 0 Å². The quantitative estimate of drug-likeness (QED) is 0.0488. The maximum atomic E-state index is 13.9. The molecule has 7 N–H and O–H groups in total. The van der Waals surface area contributed by atoms with Gasteiger partial charge < -0.3 is 27.2 Å². The number of hydrogen-bond donors (Lipinski definition) is 5. The van der Waals surface area contributed by atoms with E-state index in [-0.39, 0.29) is 18.5 Å². The van der Waals surface area contributed by atoms with Crippen LogP contribution in [0.1, 0.15) is 94.6 Å². The van der Waals surface area contributed by atoms with Gasteiger partial charge in [-0.2, -0.15) is 0 Å². The van der Waals surface area contributed by atoms with Crippen LogP contribution in [-0.4, -0.2) is 38.9 Å². The zero-order valence-corrected chi connectivity index (χ0v) is 31.2. The number of ketones is 1. The lowest BCUT2D eigenvalue weighted by atomic mass is 9.83. The number of carbonyl (C=O) groups is 2. The normalized spacial score (nSPS) is 17.3. The van der Waals surface area contributed by atoms with Crippen LogP contribution in [0.3, 0.4) is 0 Å². The fourth-order valence-corrected chi connectivity index (χ4v) is 8.23. The van der Waals surface area contributed by atoms with Gasteiger partial charge in [-0.05, 0) is 114 Å². The van der Waals surface area contributed by atoms with Crippen molar-refractivity contribution in [2.45, 2.75) is 82.1 Å². The minimum atomic E-state index is -2.02. The first-order valence-electron chi connectivity index (χ1n) is 19.5. The highest BCUT2D eigenvalue weighted by Crippen LogP contribution is 2.31. The molecule has 2 unspecified atom stereocenters. The van der Waals surface area contributed by atoms with Crippen molar-refractivity contribution in [2.24, 2.45) is 11.5 Å². The smallest absolute Gasteiger partial charge is 0.331 e. The molecule has 282 valence electrons. The van der Waals surface area contributed by atoms with Gasteiger partial charge in [-0.15, -0.1) is 0 Å². The lowest BCUT2D eigenvalue weighted by molar-refractivity contribution is -0.141. The Balaban J connectivity index is 0.000000328. The number of aryl methyl sites for hydroxylation is 2. The molecule has 6 aromatic rings. The highest BCUT2D eigenvalue weighted by molar-refractivity contribution is 6.21. The van der Waals surface area contributed by atoms with Crippen LogP contribution < -0.4 is 22.1 Å². The van der Waals surface area contributed by atoms with Crippen molar-refractivity contribution in [3.05, 3.63) is 155 Å². The van der Waals surface area contributed by atoms with Crippen LogP contribution in [-0.2, 0) is 30.7 Å². The van der Waals surface area contributed by atoms with Gasteiger partial charge in [-0.3, -0.25) is 14.8 Å². The van der Waals surface area contributed by atoms with Gasteiger partial charge in [0.1, 0.15) is 0 Å². The van der Waals surface area contributed by atoms with Gasteiger partial charge in [0.15, 0.2) is 11.3 Å². The molecule has 2 aliphatic rings. The van der Waals surface area contributed by atoms with Crippen LogP contribution in [0.5, 0.6) is 0 Å². The molecule has 9 nitrogen and oxygen atoms in total. The van der Waals surface area contributed by atoms with Crippen molar-refractivity contribution >= 4 is 33.3 Å². The number of nitrogens with two attached hydrogens (primary N) is 2. The number of carbonyl (C=O) groups excluding carboxylic acids is 1. The molecule has 55 heavy (non-hydrogen) atoms. The molecule has 0 saturated carbocycles. The molecule has 2 aliphatic carbocycles. The second kappa shape index (κ2) is 17.4. The lowest BCUT2D eigenvalue weighted by Crippen LogP contribution is -2.55. The van der Waals surface area contributed by atoms with E-state index in [0.717, 1.165) is 60.9 Å². The Labute approximate surface area is 322 Å². The number of aromatic nitrogens is 2. The Hall–Kier alpha value is -5.32. The summed E-state index contributed by atoms with van der Waals surface area (Å²) in [5.41, 5.74) is 17.3. The Morgan fingerprint density at radius 1 is 0.709 bits per heavy atom. The summed E-state index contributed by atoms with van der Waals surface area (Å²) < 4.78 is 0. The van der Waals surface area contributed by atoms with Gasteiger partial charge in [0.05, 0.1) is 17.4 Å². The van der Waals surface area contributed by atoms with Gasteiger partial charge in [-0.1, -0.05) is 91.0 Å². The largest absolute Gasteiger partial charge is 0.480 e. The molecule has 0 radical (unpaired) electrons. The van der Waals surface area contributed by atoms with E-state index in [4.69, 9.17) is 11.5 Å². The van der Waals surface area contributed by atoms with E-state index in [1.54, 1.807) is 6.07 Å². The number of hydrogen-bond acceptors (Lipinski definition) is 8. The van der Waals surface area contributed by atoms with Crippen LogP contribution in [0, 0.1) is 0 Å². The molecule has 0 spiro atoms. The number of nitrogens with zero attached hydrogens (tertiary/aromatic N) is 2. The van der Waals surface area contributed by atoms with Crippen LogP contribution in [0.15, 0.2) is 116 Å². The Morgan fingerprint density at radius 3 is 2.00 bits per heavy atom. The first-order chi connectivity index (χ1) is 26.9. The fourth-order valence-electron chi connectivity index (χ4n) is 8.23. The van der Waals surface area contributed by atoms with Crippen molar-refractivity contribution < 1.29 is 14.7 Å². The second-order valence-corrected chi connectivity index (χ2v) is 14.7. The molecule has 0 fully saturated rings. The summed E-state index contributed by atoms with van der Waals surface area (Å²) in [5, 5.41) is 21.5. The first-order valence-corrected chi connectivity index (χ1v) is 19.5. The molecule has 0 saturated heterocycles. The molecule has 0 amide bonds. The minimum absolute atomic E-state index is 0.0294. The number of aliphatic carboxylic acids is 1. The number of carboxylic acid groups (broad SMARTS) is 1. The van der Waals surface area contributed by atoms with E-state index in [1.165, 1.54) is 27.5 Å². The molecule has 2 aromatic heterocycles. The number of carboxylic acids is 1. The van der Waals surface area contributed by atoms with Gasteiger partial charge >= 0.3 is 5.97 Å². The van der Waals surface area contributed by atoms with E-state index in [2.05, 4.69) is 57.0 Å². The third-order valence-corrected chi connectivity index (χ3v) is 11.2. The minimum Gasteiger partial charge on any atom is -0.480 e. The van der Waals surface area contributed by atoms with Crippen LogP contribution in [0.25, 0.3) is 21.5 Å². The highest BCUT2D eigenvalue weighted by atomic mass is 16.4. The third kappa shape index (κ3) is 8.35. The summed E-state index contributed by atoms with van der Waals surface area (Å²) in [6.45, 7) is 1.76. The summed E-state index contributed by atoms with van der Waals surface area (Å²) in [6.07, 6.45) is 10.4. The predicted molar refractivity (Wildman–Crippen MR) is 219 cm³/mol. The predicted octanol–water partition coefficient (Wildman–Crippen LogP) is 7.51. The maximum Gasteiger partial charge on any atom is 0.331 e. The standard InChI is InChI=1S/C35H39N5O3.C11H11N/c36-35(34(42)43,18-7-21-37-29-14-3-8-23-10-5-19-38-31(23)29)33(41)28-17-16-25(26-12-1-2-13-27(26)28)22-40-30-15-4-9-24-11-6-20-39-32(24)30;12-8-10-6-3-5-9-4-1-2-7-11(9)10/h1-2,5-6,10-13,16-17,19-20,29-30,37,40H,3-4,7-9,14-15,18,21-22,36H2,(H,42,43);1-7H,8,12H2/t29?,30?,35-;/m0./s1. The molecule has 2 heterocycles. The zero-order valence-electron chi connectivity index (χ0n) is 31.2. The monoisotopic (exact) mass is 734 g/mol. The molecule has 4 aromatic carbocycles. The average Bonchev–Trinajstić information content (AvgIpc) is 3.24. The summed E-state index contributed by atoms with van der Waals surface area (Å²) >= 11 is 0. The number of rotatable bonds is 12. The Kier molecular flexibility index (Phi) is 12.0. The van der Waals surface area contributed by atoms with Crippen molar-refractivity contribution in [2.75, 3.05) is 6.54 Å². The zero-order chi connectivity index (χ0) is 38.2. The molecular weight excluding hydrogens is 685 g/mol. The van der Waals surface area contributed by atoms with Gasteiger partial charge in [0.2, 0.25) is 0 Å². The van der Waals surface area contributed by atoms with Gasteiger partial charge in [0, 0.05) is 37.1 Å². The fraction of sp³-hybridized carbons (Fsp3) is 0.304. The third-order valence-electron chi connectivity index (χ3n) is 11.2. The molecule has 3 atom stereocenters. The lowest BCUT2D eigenvalue weighted by Gasteiger charge is -2.27. The van der Waals surface area contributed by atoms with Crippen LogP contribution in [0.2, 0.25) is 0 Å². The van der Waals surface area contributed by atoms with Crippen molar-refractivity contribution in [1.82, 2.24) is 20.6 Å². The van der Waals surface area contributed by atoms with E-state index >= 15 is 0 Å². The van der Waals surface area contributed by atoms with Crippen LogP contribution in [0.4, 0.5) is 0 Å². The van der Waals surface area contributed by atoms with Crippen molar-refractivity contribution in [3.8, 4) is 0 Å². The molecular formula is C46H50N6O3. The number of pyridine rings is 2. The number of nitrogens with one attached hydrogen (secondary N) is 2. The molecule has 8 rings (SSSR count). The molecule has 0 aliphatic heterocycles. The number of fused-ring (bicyclic) bond motifs is 4. The number of benzene rings is 4. The Morgan fingerprint density at radius 2 is 1.33 bits per heavy atom. The van der Waals surface area contributed by atoms with E-state index < -0.39 is 17.3 Å². The summed E-state index contributed by atoms with van der Waals surface area (Å²) in [4.78, 5) is 35.6. The molecule has 9 heteroatoms. The maximum absolute atomic E-state index is 13.9. The first kappa shape index (κ1) is 38.0.